The van der Waals surface area contributed by atoms with Crippen LogP contribution in [-0.2, 0) is 6.42 Å². The van der Waals surface area contributed by atoms with Crippen LogP contribution >= 0.6 is 11.5 Å². The SMILES string of the molecule is CCc1nnsc1C(=O)Nc1ccc(C(=O)NC2CC2)cc1. The number of carbonyl (C=O) groups is 2. The maximum Gasteiger partial charge on any atom is 0.269 e. The van der Waals surface area contributed by atoms with Gasteiger partial charge in [0.2, 0.25) is 0 Å². The standard InChI is InChI=1S/C15H16N4O2S/c1-2-12-13(22-19-18-12)15(21)17-10-5-3-9(4-6-10)14(20)16-11-7-8-11/h3-6,11H,2,7-8H2,1H3,(H,16,20)(H,17,21). The Labute approximate surface area is 132 Å². The number of carbonyl (C=O) groups excluding carboxylic acids is 2. The Kier molecular flexibility index (Phi) is 4.15. The molecule has 0 radical (unpaired) electrons. The topological polar surface area (TPSA) is 84.0 Å². The van der Waals surface area contributed by atoms with Crippen molar-refractivity contribution in [2.24, 2.45) is 0 Å². The zero-order chi connectivity index (χ0) is 15.5. The summed E-state index contributed by atoms with van der Waals surface area (Å²) in [5.74, 6) is -0.290. The van der Waals surface area contributed by atoms with E-state index in [-0.39, 0.29) is 11.8 Å². The minimum Gasteiger partial charge on any atom is -0.349 e. The van der Waals surface area contributed by atoms with Crippen molar-refractivity contribution in [3.63, 3.8) is 0 Å². The second-order valence-corrected chi connectivity index (χ2v) is 5.94. The van der Waals surface area contributed by atoms with Crippen molar-refractivity contribution in [1.29, 1.82) is 0 Å². The van der Waals surface area contributed by atoms with Crippen molar-refractivity contribution < 1.29 is 9.59 Å². The average molecular weight is 316 g/mol. The number of rotatable bonds is 5. The fraction of sp³-hybridized carbons (Fsp3) is 0.333. The third kappa shape index (κ3) is 3.30. The van der Waals surface area contributed by atoms with Crippen molar-refractivity contribution in [3.05, 3.63) is 40.4 Å². The van der Waals surface area contributed by atoms with Gasteiger partial charge in [-0.2, -0.15) is 0 Å². The molecule has 7 heteroatoms. The van der Waals surface area contributed by atoms with E-state index in [1.165, 1.54) is 0 Å². The number of nitrogens with zero attached hydrogens (tertiary/aromatic N) is 2. The first-order valence-corrected chi connectivity index (χ1v) is 7.98. The van der Waals surface area contributed by atoms with Crippen LogP contribution in [-0.4, -0.2) is 27.4 Å². The largest absolute Gasteiger partial charge is 0.349 e. The summed E-state index contributed by atoms with van der Waals surface area (Å²) < 4.78 is 3.80. The highest BCUT2D eigenvalue weighted by atomic mass is 32.1. The van der Waals surface area contributed by atoms with Gasteiger partial charge in [-0.15, -0.1) is 5.10 Å². The summed E-state index contributed by atoms with van der Waals surface area (Å²) in [6.07, 6.45) is 2.78. The average Bonchev–Trinajstić information content (AvgIpc) is 3.20. The summed E-state index contributed by atoms with van der Waals surface area (Å²) in [4.78, 5) is 24.6. The van der Waals surface area contributed by atoms with E-state index in [1.54, 1.807) is 24.3 Å². The van der Waals surface area contributed by atoms with Crippen LogP contribution in [0.5, 0.6) is 0 Å². The minimum absolute atomic E-state index is 0.0692. The Morgan fingerprint density at radius 1 is 1.23 bits per heavy atom. The molecule has 2 amide bonds. The molecule has 0 spiro atoms. The van der Waals surface area contributed by atoms with Crippen LogP contribution in [0.25, 0.3) is 0 Å². The van der Waals surface area contributed by atoms with E-state index in [0.717, 1.165) is 24.4 Å². The molecule has 3 rings (SSSR count). The van der Waals surface area contributed by atoms with Crippen molar-refractivity contribution in [2.75, 3.05) is 5.32 Å². The molecule has 1 heterocycles. The van der Waals surface area contributed by atoms with Crippen LogP contribution in [0.4, 0.5) is 5.69 Å². The minimum atomic E-state index is -0.220. The second kappa shape index (κ2) is 6.23. The number of hydrogen-bond acceptors (Lipinski definition) is 5. The molecule has 6 nitrogen and oxygen atoms in total. The Hall–Kier alpha value is -2.28. The zero-order valence-electron chi connectivity index (χ0n) is 12.1. The summed E-state index contributed by atoms with van der Waals surface area (Å²) in [6, 6.07) is 7.19. The smallest absolute Gasteiger partial charge is 0.269 e. The summed E-state index contributed by atoms with van der Waals surface area (Å²) in [7, 11) is 0. The van der Waals surface area contributed by atoms with Gasteiger partial charge >= 0.3 is 0 Å². The van der Waals surface area contributed by atoms with Crippen LogP contribution in [0.15, 0.2) is 24.3 Å². The quantitative estimate of drug-likeness (QED) is 0.886. The number of anilines is 1. The highest BCUT2D eigenvalue weighted by Crippen LogP contribution is 2.20. The maximum atomic E-state index is 12.2. The van der Waals surface area contributed by atoms with E-state index < -0.39 is 0 Å². The molecule has 1 aliphatic rings. The lowest BCUT2D eigenvalue weighted by Gasteiger charge is -2.06. The molecule has 0 saturated heterocycles. The first kappa shape index (κ1) is 14.6. The van der Waals surface area contributed by atoms with Gasteiger partial charge in [-0.05, 0) is 55.1 Å². The fourth-order valence-electron chi connectivity index (χ4n) is 2.00. The van der Waals surface area contributed by atoms with E-state index in [2.05, 4.69) is 20.2 Å². The summed E-state index contributed by atoms with van der Waals surface area (Å²) in [5, 5.41) is 9.65. The molecule has 1 fully saturated rings. The lowest BCUT2D eigenvalue weighted by molar-refractivity contribution is 0.0950. The number of amides is 2. The van der Waals surface area contributed by atoms with Gasteiger partial charge in [0.05, 0.1) is 5.69 Å². The molecular formula is C15H16N4O2S. The van der Waals surface area contributed by atoms with Crippen molar-refractivity contribution in [1.82, 2.24) is 14.9 Å². The van der Waals surface area contributed by atoms with E-state index in [9.17, 15) is 9.59 Å². The number of aromatic nitrogens is 2. The number of hydrogen-bond donors (Lipinski definition) is 2. The maximum absolute atomic E-state index is 12.2. The molecule has 0 atom stereocenters. The van der Waals surface area contributed by atoms with Crippen molar-refractivity contribution in [2.45, 2.75) is 32.2 Å². The van der Waals surface area contributed by atoms with Gasteiger partial charge in [0.15, 0.2) is 0 Å². The van der Waals surface area contributed by atoms with Gasteiger partial charge in [-0.25, -0.2) is 0 Å². The van der Waals surface area contributed by atoms with Crippen LogP contribution in [0.1, 0.15) is 45.5 Å². The Balaban J connectivity index is 1.65. The molecular weight excluding hydrogens is 300 g/mol. The molecule has 1 saturated carbocycles. The van der Waals surface area contributed by atoms with Crippen molar-refractivity contribution in [3.8, 4) is 0 Å². The number of benzene rings is 1. The van der Waals surface area contributed by atoms with Crippen LogP contribution in [0, 0.1) is 0 Å². The summed E-state index contributed by atoms with van der Waals surface area (Å²) in [5.41, 5.74) is 1.94. The van der Waals surface area contributed by atoms with Crippen molar-refractivity contribution >= 4 is 29.0 Å². The fourth-order valence-corrected chi connectivity index (χ4v) is 2.65. The molecule has 2 N–H and O–H groups in total. The van der Waals surface area contributed by atoms with E-state index >= 15 is 0 Å². The molecule has 1 aliphatic carbocycles. The van der Waals surface area contributed by atoms with E-state index in [0.29, 0.717) is 34.3 Å². The van der Waals surface area contributed by atoms with Gasteiger partial charge in [0.1, 0.15) is 4.88 Å². The summed E-state index contributed by atoms with van der Waals surface area (Å²) >= 11 is 1.09. The Bertz CT molecular complexity index is 692. The van der Waals surface area contributed by atoms with Gasteiger partial charge in [-0.3, -0.25) is 9.59 Å². The van der Waals surface area contributed by atoms with Gasteiger partial charge < -0.3 is 10.6 Å². The predicted molar refractivity (Wildman–Crippen MR) is 84.2 cm³/mol. The third-order valence-corrected chi connectivity index (χ3v) is 4.18. The van der Waals surface area contributed by atoms with E-state index in [1.807, 2.05) is 6.92 Å². The highest BCUT2D eigenvalue weighted by Gasteiger charge is 2.23. The normalized spacial score (nSPS) is 13.7. The first-order chi connectivity index (χ1) is 10.7. The number of nitrogens with one attached hydrogen (secondary N) is 2. The Morgan fingerprint density at radius 2 is 1.95 bits per heavy atom. The summed E-state index contributed by atoms with van der Waals surface area (Å²) in [6.45, 7) is 1.93. The molecule has 0 bridgehead atoms. The van der Waals surface area contributed by atoms with Gasteiger partial charge in [0, 0.05) is 17.3 Å². The number of aryl methyl sites for hydroxylation is 1. The molecule has 114 valence electrons. The molecule has 2 aromatic rings. The molecule has 0 unspecified atom stereocenters. The van der Waals surface area contributed by atoms with Crippen LogP contribution in [0.2, 0.25) is 0 Å². The van der Waals surface area contributed by atoms with Gasteiger partial charge in [0.25, 0.3) is 11.8 Å². The molecule has 1 aromatic carbocycles. The molecule has 22 heavy (non-hydrogen) atoms. The zero-order valence-corrected chi connectivity index (χ0v) is 12.9. The Morgan fingerprint density at radius 3 is 2.59 bits per heavy atom. The monoisotopic (exact) mass is 316 g/mol. The van der Waals surface area contributed by atoms with E-state index in [4.69, 9.17) is 0 Å². The molecule has 1 aromatic heterocycles. The van der Waals surface area contributed by atoms with Crippen LogP contribution in [0.3, 0.4) is 0 Å². The highest BCUT2D eigenvalue weighted by molar-refractivity contribution is 7.08. The predicted octanol–water partition coefficient (Wildman–Crippen LogP) is 2.25. The third-order valence-electron chi connectivity index (χ3n) is 3.41. The van der Waals surface area contributed by atoms with Gasteiger partial charge in [-0.1, -0.05) is 11.4 Å². The lowest BCUT2D eigenvalue weighted by Crippen LogP contribution is -2.25. The first-order valence-electron chi connectivity index (χ1n) is 7.21. The lowest BCUT2D eigenvalue weighted by atomic mass is 10.2. The second-order valence-electron chi connectivity index (χ2n) is 5.18. The molecule has 0 aliphatic heterocycles. The van der Waals surface area contributed by atoms with Crippen LogP contribution < -0.4 is 10.6 Å².